The van der Waals surface area contributed by atoms with Gasteiger partial charge in [0.15, 0.2) is 0 Å². The van der Waals surface area contributed by atoms with Crippen LogP contribution in [0.5, 0.6) is 0 Å². The molecular weight excluding hydrogens is 272 g/mol. The van der Waals surface area contributed by atoms with Crippen LogP contribution in [0.3, 0.4) is 0 Å². The van der Waals surface area contributed by atoms with Crippen molar-refractivity contribution >= 4 is 12.1 Å². The fourth-order valence-corrected chi connectivity index (χ4v) is 1.82. The fourth-order valence-electron chi connectivity index (χ4n) is 1.82. The van der Waals surface area contributed by atoms with Gasteiger partial charge in [0.1, 0.15) is 6.61 Å². The number of aliphatic carboxylic acids is 1. The molecule has 0 fully saturated rings. The average Bonchev–Trinajstić information content (AvgIpc) is 2.45. The predicted octanol–water partition coefficient (Wildman–Crippen LogP) is 1.89. The number of amides is 1. The lowest BCUT2D eigenvalue weighted by molar-refractivity contribution is -0.137. The third-order valence-corrected chi connectivity index (χ3v) is 2.92. The molecular formula is C15H22N2O4. The zero-order chi connectivity index (χ0) is 15.5. The normalized spacial score (nSPS) is 11.7. The van der Waals surface area contributed by atoms with Crippen LogP contribution in [0.1, 0.15) is 31.2 Å². The van der Waals surface area contributed by atoms with E-state index in [1.807, 2.05) is 30.3 Å². The largest absolute Gasteiger partial charge is 0.481 e. The van der Waals surface area contributed by atoms with E-state index in [1.165, 1.54) is 0 Å². The molecule has 0 aliphatic carbocycles. The van der Waals surface area contributed by atoms with Crippen LogP contribution in [0.25, 0.3) is 0 Å². The zero-order valence-electron chi connectivity index (χ0n) is 12.0. The highest BCUT2D eigenvalue weighted by molar-refractivity contribution is 5.67. The summed E-state index contributed by atoms with van der Waals surface area (Å²) >= 11 is 0. The standard InChI is InChI=1S/C15H22N2O4/c16-13(10-14(18)19)8-4-5-9-17-15(20)21-11-12-6-2-1-3-7-12/h1-3,6-7,13H,4-5,8-11,16H2,(H,17,20)(H,18,19). The topological polar surface area (TPSA) is 102 Å². The Labute approximate surface area is 124 Å². The van der Waals surface area contributed by atoms with Crippen molar-refractivity contribution in [2.75, 3.05) is 6.54 Å². The van der Waals surface area contributed by atoms with E-state index in [4.69, 9.17) is 15.6 Å². The van der Waals surface area contributed by atoms with Crippen molar-refractivity contribution < 1.29 is 19.4 Å². The Morgan fingerprint density at radius 2 is 1.95 bits per heavy atom. The quantitative estimate of drug-likeness (QED) is 0.604. The molecule has 0 aliphatic heterocycles. The third kappa shape index (κ3) is 8.65. The van der Waals surface area contributed by atoms with E-state index in [-0.39, 0.29) is 19.1 Å². The molecule has 1 rings (SSSR count). The van der Waals surface area contributed by atoms with Crippen molar-refractivity contribution in [3.63, 3.8) is 0 Å². The number of carboxylic acid groups (broad SMARTS) is 1. The summed E-state index contributed by atoms with van der Waals surface area (Å²) in [6, 6.07) is 9.12. The monoisotopic (exact) mass is 294 g/mol. The van der Waals surface area contributed by atoms with E-state index < -0.39 is 12.1 Å². The minimum atomic E-state index is -0.884. The Bertz CT molecular complexity index is 437. The van der Waals surface area contributed by atoms with Gasteiger partial charge in [0.25, 0.3) is 0 Å². The maximum atomic E-state index is 11.4. The van der Waals surface area contributed by atoms with Crippen molar-refractivity contribution in [3.05, 3.63) is 35.9 Å². The lowest BCUT2D eigenvalue weighted by Gasteiger charge is -2.09. The first kappa shape index (κ1) is 17.0. The number of hydrogen-bond donors (Lipinski definition) is 3. The summed E-state index contributed by atoms with van der Waals surface area (Å²) in [5.41, 5.74) is 6.57. The number of rotatable bonds is 9. The first-order valence-corrected chi connectivity index (χ1v) is 7.00. The molecule has 0 aromatic heterocycles. The van der Waals surface area contributed by atoms with Gasteiger partial charge in [-0.2, -0.15) is 0 Å². The highest BCUT2D eigenvalue weighted by Gasteiger charge is 2.07. The van der Waals surface area contributed by atoms with E-state index >= 15 is 0 Å². The van der Waals surface area contributed by atoms with Gasteiger partial charge in [-0.3, -0.25) is 4.79 Å². The second kappa shape index (κ2) is 9.77. The summed E-state index contributed by atoms with van der Waals surface area (Å²) in [7, 11) is 0. The lowest BCUT2D eigenvalue weighted by Crippen LogP contribution is -2.26. The lowest BCUT2D eigenvalue weighted by atomic mass is 10.1. The van der Waals surface area contributed by atoms with Crippen LogP contribution in [0.15, 0.2) is 30.3 Å². The minimum Gasteiger partial charge on any atom is -0.481 e. The van der Waals surface area contributed by atoms with Crippen LogP contribution in [0.2, 0.25) is 0 Å². The van der Waals surface area contributed by atoms with Crippen molar-refractivity contribution in [2.45, 2.75) is 38.3 Å². The molecule has 1 atom stereocenters. The predicted molar refractivity (Wildman–Crippen MR) is 78.7 cm³/mol. The van der Waals surface area contributed by atoms with Crippen LogP contribution in [0.4, 0.5) is 4.79 Å². The summed E-state index contributed by atoms with van der Waals surface area (Å²) in [5, 5.41) is 11.2. The maximum absolute atomic E-state index is 11.4. The summed E-state index contributed by atoms with van der Waals surface area (Å²) in [5.74, 6) is -0.884. The number of alkyl carbamates (subject to hydrolysis) is 1. The van der Waals surface area contributed by atoms with Crippen molar-refractivity contribution in [2.24, 2.45) is 5.73 Å². The SMILES string of the molecule is NC(CCCCNC(=O)OCc1ccccc1)CC(=O)O. The molecule has 0 saturated carbocycles. The summed E-state index contributed by atoms with van der Waals surface area (Å²) in [6.45, 7) is 0.740. The fraction of sp³-hybridized carbons (Fsp3) is 0.467. The molecule has 0 bridgehead atoms. The number of nitrogens with one attached hydrogen (secondary N) is 1. The maximum Gasteiger partial charge on any atom is 0.407 e. The van der Waals surface area contributed by atoms with Crippen molar-refractivity contribution in [1.29, 1.82) is 0 Å². The molecule has 1 amide bonds. The molecule has 4 N–H and O–H groups in total. The molecule has 1 aromatic rings. The van der Waals surface area contributed by atoms with Gasteiger partial charge in [-0.05, 0) is 18.4 Å². The molecule has 1 unspecified atom stereocenters. The van der Waals surface area contributed by atoms with Crippen molar-refractivity contribution in [1.82, 2.24) is 5.32 Å². The number of carbonyl (C=O) groups is 2. The number of unbranched alkanes of at least 4 members (excludes halogenated alkanes) is 1. The number of nitrogens with two attached hydrogens (primary N) is 1. The van der Waals surface area contributed by atoms with Crippen LogP contribution < -0.4 is 11.1 Å². The van der Waals surface area contributed by atoms with Gasteiger partial charge < -0.3 is 20.9 Å². The molecule has 0 radical (unpaired) electrons. The molecule has 0 aliphatic rings. The smallest absolute Gasteiger partial charge is 0.407 e. The molecule has 21 heavy (non-hydrogen) atoms. The van der Waals surface area contributed by atoms with Gasteiger partial charge in [-0.25, -0.2) is 4.79 Å². The Balaban J connectivity index is 2.02. The Hall–Kier alpha value is -2.08. The number of carbonyl (C=O) groups excluding carboxylic acids is 1. The summed E-state index contributed by atoms with van der Waals surface area (Å²) < 4.78 is 5.06. The van der Waals surface area contributed by atoms with Crippen LogP contribution in [-0.2, 0) is 16.1 Å². The van der Waals surface area contributed by atoms with E-state index in [0.717, 1.165) is 18.4 Å². The van der Waals surface area contributed by atoms with E-state index in [1.54, 1.807) is 0 Å². The Kier molecular flexibility index (Phi) is 7.89. The highest BCUT2D eigenvalue weighted by atomic mass is 16.5. The first-order chi connectivity index (χ1) is 10.1. The molecule has 116 valence electrons. The van der Waals surface area contributed by atoms with E-state index in [2.05, 4.69) is 5.32 Å². The van der Waals surface area contributed by atoms with Gasteiger partial charge in [-0.1, -0.05) is 36.8 Å². The van der Waals surface area contributed by atoms with E-state index in [9.17, 15) is 9.59 Å². The van der Waals surface area contributed by atoms with Gasteiger partial charge in [0.2, 0.25) is 0 Å². The number of hydrogen-bond acceptors (Lipinski definition) is 4. The number of ether oxygens (including phenoxy) is 1. The van der Waals surface area contributed by atoms with Crippen LogP contribution >= 0.6 is 0 Å². The van der Waals surface area contributed by atoms with Gasteiger partial charge in [0.05, 0.1) is 6.42 Å². The van der Waals surface area contributed by atoms with Crippen molar-refractivity contribution in [3.8, 4) is 0 Å². The van der Waals surface area contributed by atoms with Crippen LogP contribution in [0, 0.1) is 0 Å². The molecule has 1 aromatic carbocycles. The molecule has 6 nitrogen and oxygen atoms in total. The second-order valence-electron chi connectivity index (χ2n) is 4.84. The summed E-state index contributed by atoms with van der Waals surface area (Å²) in [6.07, 6.45) is 1.68. The Morgan fingerprint density at radius 3 is 2.62 bits per heavy atom. The van der Waals surface area contributed by atoms with Gasteiger partial charge in [0, 0.05) is 12.6 Å². The molecule has 0 heterocycles. The van der Waals surface area contributed by atoms with Gasteiger partial charge >= 0.3 is 12.1 Å². The first-order valence-electron chi connectivity index (χ1n) is 7.00. The third-order valence-electron chi connectivity index (χ3n) is 2.92. The molecule has 0 saturated heterocycles. The number of benzene rings is 1. The van der Waals surface area contributed by atoms with Crippen LogP contribution in [-0.4, -0.2) is 29.8 Å². The summed E-state index contributed by atoms with van der Waals surface area (Å²) in [4.78, 5) is 21.8. The highest BCUT2D eigenvalue weighted by Crippen LogP contribution is 2.03. The van der Waals surface area contributed by atoms with E-state index in [0.29, 0.717) is 13.0 Å². The Morgan fingerprint density at radius 1 is 1.24 bits per heavy atom. The average molecular weight is 294 g/mol. The minimum absolute atomic E-state index is 0.0213. The molecule has 0 spiro atoms. The number of carboxylic acids is 1. The second-order valence-corrected chi connectivity index (χ2v) is 4.84. The molecule has 6 heteroatoms. The van der Waals surface area contributed by atoms with Gasteiger partial charge in [-0.15, -0.1) is 0 Å². The zero-order valence-corrected chi connectivity index (χ0v) is 12.0.